The Bertz CT molecular complexity index is 1390. The van der Waals surface area contributed by atoms with Gasteiger partial charge in [0.05, 0.1) is 11.9 Å². The molecule has 3 aromatic rings. The van der Waals surface area contributed by atoms with Crippen LogP contribution < -0.4 is 9.80 Å². The molecule has 1 saturated heterocycles. The van der Waals surface area contributed by atoms with Gasteiger partial charge in [0, 0.05) is 50.9 Å². The van der Waals surface area contributed by atoms with E-state index in [1.807, 2.05) is 6.07 Å². The highest BCUT2D eigenvalue weighted by Gasteiger charge is 2.49. The number of halogens is 2. The monoisotopic (exact) mass is 505 g/mol. The van der Waals surface area contributed by atoms with Crippen LogP contribution in [0.5, 0.6) is 0 Å². The number of hydrogen-bond donors (Lipinski definition) is 0. The molecule has 1 unspecified atom stereocenters. The summed E-state index contributed by atoms with van der Waals surface area (Å²) in [6.45, 7) is 1.63. The van der Waals surface area contributed by atoms with Gasteiger partial charge in [0.15, 0.2) is 11.6 Å². The minimum absolute atomic E-state index is 0.0397. The Hall–Kier alpha value is -4.52. The summed E-state index contributed by atoms with van der Waals surface area (Å²) in [6, 6.07) is 10.3. The summed E-state index contributed by atoms with van der Waals surface area (Å²) in [5.74, 6) is 3.10. The first-order chi connectivity index (χ1) is 17.7. The fourth-order valence-corrected chi connectivity index (χ4v) is 4.32. The molecule has 1 fully saturated rings. The fraction of sp³-hybridized carbons (Fsp3) is 0.259. The fourth-order valence-electron chi connectivity index (χ4n) is 4.32. The number of carbonyl (C=O) groups is 3. The minimum Gasteiger partial charge on any atom is -0.308 e. The summed E-state index contributed by atoms with van der Waals surface area (Å²) in [7, 11) is 2.92. The molecular weight excluding hydrogens is 480 g/mol. The van der Waals surface area contributed by atoms with E-state index in [1.54, 1.807) is 37.5 Å². The van der Waals surface area contributed by atoms with Crippen LogP contribution in [-0.4, -0.2) is 58.6 Å². The quantitative estimate of drug-likeness (QED) is 0.403. The van der Waals surface area contributed by atoms with Crippen LogP contribution in [0.4, 0.5) is 25.0 Å². The summed E-state index contributed by atoms with van der Waals surface area (Å²) < 4.78 is 31.6. The summed E-state index contributed by atoms with van der Waals surface area (Å²) in [5.41, 5.74) is -0.825. The second-order valence-electron chi connectivity index (χ2n) is 8.87. The largest absolute Gasteiger partial charge is 0.325 e. The molecule has 3 amide bonds. The molecule has 190 valence electrons. The lowest BCUT2D eigenvalue weighted by atomic mass is 9.91. The number of amides is 3. The van der Waals surface area contributed by atoms with Crippen molar-refractivity contribution in [1.29, 1.82) is 0 Å². The standard InChI is InChI=1S/C27H25F2N5O3/c1-27(11-14-35)25(36)33(21-17-30-31(2)18-21)12-13-34(27)26(37)32(3)24-22(28)15-20(16-23(24)29)10-9-19-7-5-4-6-8-19/h4-8,14-18H,11-13H2,1-3H3. The number of aryl methyl sites for hydroxylation is 1. The van der Waals surface area contributed by atoms with Crippen molar-refractivity contribution in [3.63, 3.8) is 0 Å². The molecular formula is C27H25F2N5O3. The predicted octanol–water partition coefficient (Wildman–Crippen LogP) is 3.35. The van der Waals surface area contributed by atoms with Crippen molar-refractivity contribution < 1.29 is 23.2 Å². The number of piperazine rings is 1. The molecule has 0 spiro atoms. The lowest BCUT2D eigenvalue weighted by Crippen LogP contribution is -2.68. The van der Waals surface area contributed by atoms with Crippen LogP contribution in [-0.2, 0) is 16.6 Å². The zero-order valence-electron chi connectivity index (χ0n) is 20.6. The molecule has 2 heterocycles. The van der Waals surface area contributed by atoms with Crippen molar-refractivity contribution in [1.82, 2.24) is 14.7 Å². The first kappa shape index (κ1) is 25.6. The molecule has 0 N–H and O–H groups in total. The van der Waals surface area contributed by atoms with Crippen molar-refractivity contribution in [2.45, 2.75) is 18.9 Å². The van der Waals surface area contributed by atoms with E-state index in [1.165, 1.54) is 34.6 Å². The SMILES string of the molecule is CN(C(=O)N1CCN(c2cnn(C)c2)C(=O)C1(C)CC=O)c1c(F)cc(C#Cc2ccccc2)cc1F. The Labute approximate surface area is 213 Å². The van der Waals surface area contributed by atoms with Gasteiger partial charge >= 0.3 is 6.03 Å². The van der Waals surface area contributed by atoms with Gasteiger partial charge in [-0.3, -0.25) is 14.4 Å². The number of anilines is 2. The number of nitrogens with zero attached hydrogens (tertiary/aromatic N) is 5. The van der Waals surface area contributed by atoms with Gasteiger partial charge in [-0.1, -0.05) is 30.0 Å². The van der Waals surface area contributed by atoms with E-state index in [0.29, 0.717) is 17.5 Å². The molecule has 0 radical (unpaired) electrons. The molecule has 8 nitrogen and oxygen atoms in total. The highest BCUT2D eigenvalue weighted by molar-refractivity contribution is 6.06. The lowest BCUT2D eigenvalue weighted by Gasteiger charge is -2.47. The summed E-state index contributed by atoms with van der Waals surface area (Å²) >= 11 is 0. The molecule has 4 rings (SSSR count). The highest BCUT2D eigenvalue weighted by Crippen LogP contribution is 2.32. The van der Waals surface area contributed by atoms with Crippen LogP contribution >= 0.6 is 0 Å². The smallest absolute Gasteiger partial charge is 0.308 e. The molecule has 1 aliphatic rings. The second-order valence-corrected chi connectivity index (χ2v) is 8.87. The van der Waals surface area contributed by atoms with Crippen LogP contribution in [0.3, 0.4) is 0 Å². The van der Waals surface area contributed by atoms with Crippen LogP contribution in [0.2, 0.25) is 0 Å². The van der Waals surface area contributed by atoms with Crippen LogP contribution in [0, 0.1) is 23.5 Å². The highest BCUT2D eigenvalue weighted by atomic mass is 19.1. The molecule has 2 aromatic carbocycles. The number of rotatable bonds is 4. The average Bonchev–Trinajstić information content (AvgIpc) is 3.30. The van der Waals surface area contributed by atoms with Gasteiger partial charge < -0.3 is 14.6 Å². The zero-order valence-corrected chi connectivity index (χ0v) is 20.6. The third kappa shape index (κ3) is 4.93. The Morgan fingerprint density at radius 2 is 1.78 bits per heavy atom. The Morgan fingerprint density at radius 1 is 1.14 bits per heavy atom. The number of benzene rings is 2. The van der Waals surface area contributed by atoms with E-state index in [4.69, 9.17) is 0 Å². The maximum Gasteiger partial charge on any atom is 0.325 e. The number of hydrogen-bond acceptors (Lipinski definition) is 4. The number of aromatic nitrogens is 2. The lowest BCUT2D eigenvalue weighted by molar-refractivity contribution is -0.133. The first-order valence-electron chi connectivity index (χ1n) is 11.5. The van der Waals surface area contributed by atoms with Crippen LogP contribution in [0.1, 0.15) is 24.5 Å². The molecule has 1 aliphatic heterocycles. The minimum atomic E-state index is -1.56. The predicted molar refractivity (Wildman–Crippen MR) is 134 cm³/mol. The van der Waals surface area contributed by atoms with Gasteiger partial charge in [-0.2, -0.15) is 5.10 Å². The van der Waals surface area contributed by atoms with Gasteiger partial charge in [-0.25, -0.2) is 13.6 Å². The Kier molecular flexibility index (Phi) is 7.07. The molecule has 1 atom stereocenters. The van der Waals surface area contributed by atoms with Crippen molar-refractivity contribution >= 4 is 29.6 Å². The average molecular weight is 506 g/mol. The van der Waals surface area contributed by atoms with Gasteiger partial charge in [0.1, 0.15) is 17.5 Å². The van der Waals surface area contributed by atoms with E-state index < -0.39 is 34.8 Å². The first-order valence-corrected chi connectivity index (χ1v) is 11.5. The van der Waals surface area contributed by atoms with E-state index in [9.17, 15) is 14.4 Å². The summed E-state index contributed by atoms with van der Waals surface area (Å²) in [5, 5.41) is 4.07. The van der Waals surface area contributed by atoms with E-state index in [-0.39, 0.29) is 25.1 Å². The van der Waals surface area contributed by atoms with E-state index >= 15 is 8.78 Å². The maximum absolute atomic E-state index is 15.1. The zero-order chi connectivity index (χ0) is 26.7. The molecule has 1 aromatic heterocycles. The second kappa shape index (κ2) is 10.2. The molecule has 37 heavy (non-hydrogen) atoms. The van der Waals surface area contributed by atoms with E-state index in [2.05, 4.69) is 16.9 Å². The van der Waals surface area contributed by atoms with Crippen LogP contribution in [0.15, 0.2) is 54.9 Å². The Balaban J connectivity index is 1.61. The number of urea groups is 1. The van der Waals surface area contributed by atoms with Gasteiger partial charge in [-0.15, -0.1) is 0 Å². The molecule has 10 heteroatoms. The van der Waals surface area contributed by atoms with Crippen molar-refractivity contribution in [2.75, 3.05) is 29.9 Å². The third-order valence-corrected chi connectivity index (χ3v) is 6.33. The molecule has 0 bridgehead atoms. The van der Waals surface area contributed by atoms with E-state index in [0.717, 1.165) is 17.0 Å². The molecule has 0 saturated carbocycles. The maximum atomic E-state index is 15.1. The van der Waals surface area contributed by atoms with Gasteiger partial charge in [0.25, 0.3) is 5.91 Å². The normalized spacial score (nSPS) is 17.3. The summed E-state index contributed by atoms with van der Waals surface area (Å²) in [4.78, 5) is 41.9. The van der Waals surface area contributed by atoms with Crippen molar-refractivity contribution in [2.24, 2.45) is 7.05 Å². The Morgan fingerprint density at radius 3 is 2.38 bits per heavy atom. The number of aldehydes is 1. The number of carbonyl (C=O) groups excluding carboxylic acids is 3. The van der Waals surface area contributed by atoms with Gasteiger partial charge in [0.2, 0.25) is 0 Å². The van der Waals surface area contributed by atoms with Gasteiger partial charge in [-0.05, 0) is 31.2 Å². The van der Waals surface area contributed by atoms with Crippen molar-refractivity contribution in [3.8, 4) is 11.8 Å². The summed E-state index contributed by atoms with van der Waals surface area (Å²) in [6.07, 6.45) is 3.42. The topological polar surface area (TPSA) is 78.8 Å². The molecule has 0 aliphatic carbocycles. The van der Waals surface area contributed by atoms with Crippen LogP contribution in [0.25, 0.3) is 0 Å². The van der Waals surface area contributed by atoms with Crippen molar-refractivity contribution in [3.05, 3.63) is 77.6 Å². The third-order valence-electron chi connectivity index (χ3n) is 6.33.